The Labute approximate surface area is 104 Å². The summed E-state index contributed by atoms with van der Waals surface area (Å²) in [6.45, 7) is 0. The second kappa shape index (κ2) is 5.33. The number of hydrogen-bond acceptors (Lipinski definition) is 2. The van der Waals surface area contributed by atoms with Gasteiger partial charge in [0.15, 0.2) is 0 Å². The van der Waals surface area contributed by atoms with Gasteiger partial charge in [-0.15, -0.1) is 0 Å². The van der Waals surface area contributed by atoms with Gasteiger partial charge < -0.3 is 11.1 Å². The number of carbonyl (C=O) groups is 1. The highest BCUT2D eigenvalue weighted by Gasteiger charge is 2.18. The van der Waals surface area contributed by atoms with Crippen LogP contribution in [0.4, 0.5) is 14.5 Å². The number of nitrogens with two attached hydrogens (primary N) is 1. The number of anilines is 1. The Morgan fingerprint density at radius 2 is 1.83 bits per heavy atom. The van der Waals surface area contributed by atoms with E-state index in [-0.39, 0.29) is 17.3 Å². The summed E-state index contributed by atoms with van der Waals surface area (Å²) < 4.78 is 26.9. The molecule has 0 saturated heterocycles. The van der Waals surface area contributed by atoms with Crippen molar-refractivity contribution in [3.63, 3.8) is 0 Å². The fraction of sp³-hybridized carbons (Fsp3) is 0.462. The third-order valence-electron chi connectivity index (χ3n) is 3.29. The van der Waals surface area contributed by atoms with Gasteiger partial charge in [-0.2, -0.15) is 0 Å². The summed E-state index contributed by atoms with van der Waals surface area (Å²) in [5.74, 6) is -2.50. The zero-order valence-electron chi connectivity index (χ0n) is 10.0. The molecule has 3 N–H and O–H groups in total. The first-order chi connectivity index (χ1) is 8.58. The summed E-state index contributed by atoms with van der Waals surface area (Å²) in [6.07, 6.45) is 5.31. The first kappa shape index (κ1) is 12.8. The van der Waals surface area contributed by atoms with Crippen LogP contribution in [0.5, 0.6) is 0 Å². The maximum absolute atomic E-state index is 13.6. The molecule has 0 aliphatic heterocycles. The maximum atomic E-state index is 13.6. The number of hydrogen-bond donors (Lipinski definition) is 2. The van der Waals surface area contributed by atoms with Gasteiger partial charge in [-0.1, -0.05) is 19.3 Å². The van der Waals surface area contributed by atoms with Gasteiger partial charge in [0.2, 0.25) is 0 Å². The molecule has 0 heterocycles. The summed E-state index contributed by atoms with van der Waals surface area (Å²) in [6, 6.07) is 2.03. The van der Waals surface area contributed by atoms with E-state index in [1.165, 1.54) is 6.42 Å². The lowest BCUT2D eigenvalue weighted by Crippen LogP contribution is -2.23. The zero-order valence-corrected chi connectivity index (χ0v) is 10.0. The van der Waals surface area contributed by atoms with Gasteiger partial charge >= 0.3 is 0 Å². The summed E-state index contributed by atoms with van der Waals surface area (Å²) in [4.78, 5) is 11.0. The molecule has 1 fully saturated rings. The standard InChI is InChI=1S/C13H16F2N2O/c14-10-7-11(15)12(6-9(10)13(16)18)17-8-4-2-1-3-5-8/h6-8,17H,1-5H2,(H2,16,18). The first-order valence-electron chi connectivity index (χ1n) is 6.13. The van der Waals surface area contributed by atoms with Crippen LogP contribution in [-0.2, 0) is 0 Å². The number of carbonyl (C=O) groups excluding carboxylic acids is 1. The van der Waals surface area contributed by atoms with E-state index in [0.29, 0.717) is 6.07 Å². The van der Waals surface area contributed by atoms with E-state index < -0.39 is 17.5 Å². The Kier molecular flexibility index (Phi) is 3.79. The van der Waals surface area contributed by atoms with Crippen LogP contribution in [0.25, 0.3) is 0 Å². The molecule has 0 aromatic heterocycles. The van der Waals surface area contributed by atoms with E-state index in [9.17, 15) is 13.6 Å². The van der Waals surface area contributed by atoms with Gasteiger partial charge in [0.05, 0.1) is 11.3 Å². The highest BCUT2D eigenvalue weighted by atomic mass is 19.1. The van der Waals surface area contributed by atoms with Crippen LogP contribution in [0.2, 0.25) is 0 Å². The number of amides is 1. The van der Waals surface area contributed by atoms with E-state index in [1.807, 2.05) is 0 Å². The van der Waals surface area contributed by atoms with Gasteiger partial charge in [-0.05, 0) is 18.9 Å². The van der Waals surface area contributed by atoms with Gasteiger partial charge in [0.1, 0.15) is 11.6 Å². The highest BCUT2D eigenvalue weighted by molar-refractivity contribution is 5.94. The van der Waals surface area contributed by atoms with Crippen LogP contribution in [0.15, 0.2) is 12.1 Å². The predicted molar refractivity (Wildman–Crippen MR) is 65.4 cm³/mol. The molecular formula is C13H16F2N2O. The largest absolute Gasteiger partial charge is 0.380 e. The molecule has 98 valence electrons. The predicted octanol–water partition coefficient (Wildman–Crippen LogP) is 2.81. The molecule has 1 aromatic rings. The summed E-state index contributed by atoms with van der Waals surface area (Å²) in [7, 11) is 0. The van der Waals surface area contributed by atoms with Crippen molar-refractivity contribution < 1.29 is 13.6 Å². The van der Waals surface area contributed by atoms with E-state index in [4.69, 9.17) is 5.73 Å². The molecule has 1 saturated carbocycles. The normalized spacial score (nSPS) is 16.6. The average Bonchev–Trinajstić information content (AvgIpc) is 2.33. The Bertz CT molecular complexity index is 457. The van der Waals surface area contributed by atoms with Crippen molar-refractivity contribution in [2.75, 3.05) is 5.32 Å². The number of primary amides is 1. The molecule has 1 amide bonds. The van der Waals surface area contributed by atoms with Crippen molar-refractivity contribution in [2.45, 2.75) is 38.1 Å². The van der Waals surface area contributed by atoms with Crippen molar-refractivity contribution in [3.05, 3.63) is 29.3 Å². The molecule has 0 radical (unpaired) electrons. The van der Waals surface area contributed by atoms with Gasteiger partial charge in [0.25, 0.3) is 5.91 Å². The monoisotopic (exact) mass is 254 g/mol. The highest BCUT2D eigenvalue weighted by Crippen LogP contribution is 2.25. The smallest absolute Gasteiger partial charge is 0.251 e. The summed E-state index contributed by atoms with van der Waals surface area (Å²) in [5.41, 5.74) is 4.90. The number of halogens is 2. The molecule has 1 aliphatic carbocycles. The lowest BCUT2D eigenvalue weighted by molar-refractivity contribution is 0.0996. The quantitative estimate of drug-likeness (QED) is 0.871. The summed E-state index contributed by atoms with van der Waals surface area (Å²) >= 11 is 0. The lowest BCUT2D eigenvalue weighted by atomic mass is 9.95. The van der Waals surface area contributed by atoms with E-state index in [2.05, 4.69) is 5.32 Å². The Morgan fingerprint density at radius 3 is 2.44 bits per heavy atom. The summed E-state index contributed by atoms with van der Waals surface area (Å²) in [5, 5.41) is 3.02. The minimum atomic E-state index is -0.922. The molecule has 18 heavy (non-hydrogen) atoms. The Morgan fingerprint density at radius 1 is 1.17 bits per heavy atom. The molecule has 0 spiro atoms. The first-order valence-corrected chi connectivity index (χ1v) is 6.13. The van der Waals surface area contributed by atoms with Crippen LogP contribution in [0, 0.1) is 11.6 Å². The van der Waals surface area contributed by atoms with Crippen molar-refractivity contribution in [2.24, 2.45) is 5.73 Å². The lowest BCUT2D eigenvalue weighted by Gasteiger charge is -2.24. The van der Waals surface area contributed by atoms with Crippen LogP contribution in [0.1, 0.15) is 42.5 Å². The topological polar surface area (TPSA) is 55.1 Å². The fourth-order valence-electron chi connectivity index (χ4n) is 2.32. The molecule has 1 aromatic carbocycles. The van der Waals surface area contributed by atoms with E-state index >= 15 is 0 Å². The molecule has 1 aliphatic rings. The SMILES string of the molecule is NC(=O)c1cc(NC2CCCCC2)c(F)cc1F. The Balaban J connectivity index is 2.21. The second-order valence-corrected chi connectivity index (χ2v) is 4.66. The molecule has 3 nitrogen and oxygen atoms in total. The average molecular weight is 254 g/mol. The zero-order chi connectivity index (χ0) is 13.1. The van der Waals surface area contributed by atoms with Gasteiger partial charge in [0, 0.05) is 12.1 Å². The fourth-order valence-corrected chi connectivity index (χ4v) is 2.32. The van der Waals surface area contributed by atoms with Crippen molar-refractivity contribution in [3.8, 4) is 0 Å². The van der Waals surface area contributed by atoms with Crippen molar-refractivity contribution in [1.29, 1.82) is 0 Å². The number of benzene rings is 1. The third kappa shape index (κ3) is 2.78. The third-order valence-corrected chi connectivity index (χ3v) is 3.29. The van der Waals surface area contributed by atoms with Crippen LogP contribution >= 0.6 is 0 Å². The van der Waals surface area contributed by atoms with Gasteiger partial charge in [-0.25, -0.2) is 8.78 Å². The van der Waals surface area contributed by atoms with Crippen molar-refractivity contribution in [1.82, 2.24) is 0 Å². The molecule has 5 heteroatoms. The number of nitrogens with one attached hydrogen (secondary N) is 1. The minimum Gasteiger partial charge on any atom is -0.380 e. The number of rotatable bonds is 3. The van der Waals surface area contributed by atoms with Crippen LogP contribution < -0.4 is 11.1 Å². The Hall–Kier alpha value is -1.65. The second-order valence-electron chi connectivity index (χ2n) is 4.66. The maximum Gasteiger partial charge on any atom is 0.251 e. The minimum absolute atomic E-state index is 0.150. The molecule has 0 atom stereocenters. The van der Waals surface area contributed by atoms with Crippen LogP contribution in [-0.4, -0.2) is 11.9 Å². The van der Waals surface area contributed by atoms with Crippen molar-refractivity contribution >= 4 is 11.6 Å². The molecular weight excluding hydrogens is 238 g/mol. The van der Waals surface area contributed by atoms with E-state index in [1.54, 1.807) is 0 Å². The van der Waals surface area contributed by atoms with E-state index in [0.717, 1.165) is 31.7 Å². The molecule has 0 bridgehead atoms. The van der Waals surface area contributed by atoms with Gasteiger partial charge in [-0.3, -0.25) is 4.79 Å². The van der Waals surface area contributed by atoms with Crippen LogP contribution in [0.3, 0.4) is 0 Å². The molecule has 0 unspecified atom stereocenters. The molecule has 2 rings (SSSR count).